The highest BCUT2D eigenvalue weighted by Gasteiger charge is 2.23. The Bertz CT molecular complexity index is 1310. The molecule has 0 saturated heterocycles. The number of amidine groups is 1. The van der Waals surface area contributed by atoms with Crippen LogP contribution in [0.4, 0.5) is 8.78 Å². The standard InChI is InChI=1S/C24H19F2N5O2/c1-32-16-10-8-14(9-11-16)23-30-21(33-31-23)12-15-4-2-7-19-20(13-27-15)29-24(28-19)17-5-3-6-18(25)22(17)26/h3,5-11,13,15H,2,4,12H2,1H3/b19-7+,27-13?. The molecule has 9 heteroatoms. The van der Waals surface area contributed by atoms with Gasteiger partial charge in [-0.25, -0.2) is 18.8 Å². The first kappa shape index (κ1) is 20.9. The molecule has 0 fully saturated rings. The number of aliphatic imine (C=N–C) groups is 3. The minimum atomic E-state index is -0.964. The predicted octanol–water partition coefficient (Wildman–Crippen LogP) is 4.58. The van der Waals surface area contributed by atoms with Crippen molar-refractivity contribution in [3.8, 4) is 17.1 Å². The maximum absolute atomic E-state index is 14.2. The molecule has 166 valence electrons. The average Bonchev–Trinajstić information content (AvgIpc) is 3.44. The van der Waals surface area contributed by atoms with Gasteiger partial charge in [-0.2, -0.15) is 4.98 Å². The fourth-order valence-corrected chi connectivity index (χ4v) is 3.62. The minimum absolute atomic E-state index is 0.0250. The monoisotopic (exact) mass is 447 g/mol. The molecule has 1 unspecified atom stereocenters. The number of rotatable bonds is 5. The SMILES string of the molecule is COc1ccc(-c2noc(CC3CC/C=C4/N=C(c5cccc(F)c5F)N=C4C=N3)n2)cc1. The second kappa shape index (κ2) is 8.85. The molecule has 2 aliphatic rings. The molecule has 3 heterocycles. The lowest BCUT2D eigenvalue weighted by Crippen LogP contribution is -2.13. The smallest absolute Gasteiger partial charge is 0.229 e. The lowest BCUT2D eigenvalue weighted by atomic mass is 10.1. The number of nitrogens with zero attached hydrogens (tertiary/aromatic N) is 5. The lowest BCUT2D eigenvalue weighted by molar-refractivity contribution is 0.367. The second-order valence-electron chi connectivity index (χ2n) is 7.58. The Morgan fingerprint density at radius 2 is 1.94 bits per heavy atom. The molecule has 7 nitrogen and oxygen atoms in total. The quantitative estimate of drug-likeness (QED) is 0.573. The molecule has 0 saturated carbocycles. The van der Waals surface area contributed by atoms with Gasteiger partial charge in [0.1, 0.15) is 11.5 Å². The Kier molecular flexibility index (Phi) is 5.60. The highest BCUT2D eigenvalue weighted by Crippen LogP contribution is 2.23. The van der Waals surface area contributed by atoms with Gasteiger partial charge in [-0.3, -0.25) is 4.99 Å². The topological polar surface area (TPSA) is 85.2 Å². The summed E-state index contributed by atoms with van der Waals surface area (Å²) in [5.74, 6) is -0.0229. The summed E-state index contributed by atoms with van der Waals surface area (Å²) in [5.41, 5.74) is 1.98. The number of benzene rings is 2. The van der Waals surface area contributed by atoms with E-state index in [2.05, 4.69) is 25.1 Å². The summed E-state index contributed by atoms with van der Waals surface area (Å²) in [5, 5.41) is 4.06. The first-order valence-electron chi connectivity index (χ1n) is 10.4. The van der Waals surface area contributed by atoms with Gasteiger partial charge in [0.05, 0.1) is 24.4 Å². The third-order valence-electron chi connectivity index (χ3n) is 5.38. The first-order valence-corrected chi connectivity index (χ1v) is 10.4. The van der Waals surface area contributed by atoms with Crippen molar-refractivity contribution in [3.63, 3.8) is 0 Å². The molecule has 0 aliphatic carbocycles. The molecule has 3 aromatic rings. The van der Waals surface area contributed by atoms with Crippen LogP contribution in [0.3, 0.4) is 0 Å². The Morgan fingerprint density at radius 3 is 2.76 bits per heavy atom. The maximum Gasteiger partial charge on any atom is 0.229 e. The molecular formula is C24H19F2N5O2. The Balaban J connectivity index is 1.31. The molecule has 0 bridgehead atoms. The first-order chi connectivity index (χ1) is 16.1. The van der Waals surface area contributed by atoms with Gasteiger partial charge in [0.2, 0.25) is 11.7 Å². The van der Waals surface area contributed by atoms with Gasteiger partial charge in [0.25, 0.3) is 0 Å². The van der Waals surface area contributed by atoms with E-state index in [9.17, 15) is 8.78 Å². The normalized spacial score (nSPS) is 19.1. The van der Waals surface area contributed by atoms with Crippen molar-refractivity contribution < 1.29 is 18.0 Å². The summed E-state index contributed by atoms with van der Waals surface area (Å²) in [7, 11) is 1.61. The van der Waals surface area contributed by atoms with Crippen LogP contribution in [0.5, 0.6) is 5.75 Å². The van der Waals surface area contributed by atoms with Crippen molar-refractivity contribution in [2.24, 2.45) is 15.0 Å². The molecule has 1 atom stereocenters. The number of allylic oxidation sites excluding steroid dienone is 2. The Labute approximate surface area is 188 Å². The van der Waals surface area contributed by atoms with Gasteiger partial charge in [0.15, 0.2) is 17.5 Å². The van der Waals surface area contributed by atoms with E-state index < -0.39 is 11.6 Å². The van der Waals surface area contributed by atoms with Gasteiger partial charge < -0.3 is 9.26 Å². The van der Waals surface area contributed by atoms with Gasteiger partial charge in [0, 0.05) is 18.2 Å². The van der Waals surface area contributed by atoms with Crippen LogP contribution in [-0.4, -0.2) is 41.1 Å². The predicted molar refractivity (Wildman–Crippen MR) is 120 cm³/mol. The van der Waals surface area contributed by atoms with Crippen LogP contribution >= 0.6 is 0 Å². The molecular weight excluding hydrogens is 428 g/mol. The number of hydrogen-bond acceptors (Lipinski definition) is 7. The van der Waals surface area contributed by atoms with E-state index in [0.29, 0.717) is 36.0 Å². The highest BCUT2D eigenvalue weighted by atomic mass is 19.2. The van der Waals surface area contributed by atoms with E-state index >= 15 is 0 Å². The number of methoxy groups -OCH3 is 1. The van der Waals surface area contributed by atoms with E-state index in [4.69, 9.17) is 9.26 Å². The van der Waals surface area contributed by atoms with Crippen molar-refractivity contribution in [1.82, 2.24) is 10.1 Å². The fourth-order valence-electron chi connectivity index (χ4n) is 3.62. The summed E-state index contributed by atoms with van der Waals surface area (Å²) in [4.78, 5) is 17.8. The van der Waals surface area contributed by atoms with E-state index in [1.807, 2.05) is 30.3 Å². The number of fused-ring (bicyclic) bond motifs is 1. The minimum Gasteiger partial charge on any atom is -0.497 e. The van der Waals surface area contributed by atoms with Crippen LogP contribution in [0.2, 0.25) is 0 Å². The summed E-state index contributed by atoms with van der Waals surface area (Å²) >= 11 is 0. The molecule has 2 aliphatic heterocycles. The van der Waals surface area contributed by atoms with Crippen LogP contribution in [-0.2, 0) is 6.42 Å². The van der Waals surface area contributed by atoms with Crippen LogP contribution in [0.25, 0.3) is 11.4 Å². The summed E-state index contributed by atoms with van der Waals surface area (Å²) in [6.07, 6.45) is 5.45. The van der Waals surface area contributed by atoms with Gasteiger partial charge in [-0.05, 0) is 49.2 Å². The van der Waals surface area contributed by atoms with Gasteiger partial charge >= 0.3 is 0 Å². The van der Waals surface area contributed by atoms with Crippen LogP contribution in [0, 0.1) is 11.6 Å². The summed E-state index contributed by atoms with van der Waals surface area (Å²) in [6.45, 7) is 0. The van der Waals surface area contributed by atoms with Crippen molar-refractivity contribution in [3.05, 3.63) is 77.3 Å². The zero-order valence-electron chi connectivity index (χ0n) is 17.7. The lowest BCUT2D eigenvalue weighted by Gasteiger charge is -2.11. The zero-order chi connectivity index (χ0) is 22.8. The van der Waals surface area contributed by atoms with Crippen LogP contribution < -0.4 is 4.74 Å². The number of aromatic nitrogens is 2. The van der Waals surface area contributed by atoms with E-state index in [-0.39, 0.29) is 17.4 Å². The Morgan fingerprint density at radius 1 is 1.09 bits per heavy atom. The van der Waals surface area contributed by atoms with Gasteiger partial charge in [-0.1, -0.05) is 17.3 Å². The summed E-state index contributed by atoms with van der Waals surface area (Å²) < 4.78 is 38.3. The van der Waals surface area contributed by atoms with Crippen molar-refractivity contribution in [1.29, 1.82) is 0 Å². The number of ether oxygens (including phenoxy) is 1. The van der Waals surface area contributed by atoms with Crippen molar-refractivity contribution in [2.75, 3.05) is 7.11 Å². The van der Waals surface area contributed by atoms with Gasteiger partial charge in [-0.15, -0.1) is 0 Å². The molecule has 0 radical (unpaired) electrons. The molecule has 1 aromatic heterocycles. The molecule has 2 aromatic carbocycles. The average molecular weight is 447 g/mol. The van der Waals surface area contributed by atoms with Crippen LogP contribution in [0.1, 0.15) is 24.3 Å². The third-order valence-corrected chi connectivity index (χ3v) is 5.38. The second-order valence-corrected chi connectivity index (χ2v) is 7.58. The third kappa shape index (κ3) is 4.34. The van der Waals surface area contributed by atoms with Crippen molar-refractivity contribution in [2.45, 2.75) is 25.3 Å². The number of halogens is 2. The Hall–Kier alpha value is -4.01. The molecule has 0 spiro atoms. The summed E-state index contributed by atoms with van der Waals surface area (Å²) in [6, 6.07) is 11.3. The van der Waals surface area contributed by atoms with Crippen LogP contribution in [0.15, 0.2) is 73.7 Å². The molecule has 0 N–H and O–H groups in total. The van der Waals surface area contributed by atoms with E-state index in [1.165, 1.54) is 12.1 Å². The fraction of sp³-hybridized carbons (Fsp3) is 0.208. The maximum atomic E-state index is 14.2. The zero-order valence-corrected chi connectivity index (χ0v) is 17.7. The largest absolute Gasteiger partial charge is 0.497 e. The highest BCUT2D eigenvalue weighted by molar-refractivity contribution is 6.43. The van der Waals surface area contributed by atoms with E-state index in [1.54, 1.807) is 13.3 Å². The molecule has 33 heavy (non-hydrogen) atoms. The molecule has 5 rings (SSSR count). The number of hydrogen-bond donors (Lipinski definition) is 0. The van der Waals surface area contributed by atoms with Crippen molar-refractivity contribution >= 4 is 17.8 Å². The van der Waals surface area contributed by atoms with E-state index in [0.717, 1.165) is 23.8 Å². The molecule has 0 amide bonds.